The first kappa shape index (κ1) is 27.7. The van der Waals surface area contributed by atoms with Crippen LogP contribution in [0.3, 0.4) is 0 Å². The van der Waals surface area contributed by atoms with E-state index in [1.165, 1.54) is 24.1 Å². The van der Waals surface area contributed by atoms with E-state index in [9.17, 15) is 18.0 Å². The van der Waals surface area contributed by atoms with Gasteiger partial charge in [-0.3, -0.25) is 13.9 Å². The van der Waals surface area contributed by atoms with Crippen LogP contribution in [-0.2, 0) is 26.2 Å². The van der Waals surface area contributed by atoms with E-state index in [1.54, 1.807) is 49.4 Å². The highest BCUT2D eigenvalue weighted by Crippen LogP contribution is 2.26. The van der Waals surface area contributed by atoms with Crippen LogP contribution in [0.2, 0.25) is 0 Å². The standard InChI is InChI=1S/C28H33N3O5S/c1-5-36-25-14-16-26(17-15-25)37(34,35)31(24-12-7-6-8-13-24)20-27(32)30(22(3)28(33)29-4)19-23-11-9-10-21(2)18-23/h6-18,22H,5,19-20H2,1-4H3,(H,29,33)/t22-/m0/s1. The molecule has 0 bridgehead atoms. The minimum atomic E-state index is -4.12. The Bertz CT molecular complexity index is 1310. The van der Waals surface area contributed by atoms with Crippen molar-refractivity contribution in [3.63, 3.8) is 0 Å². The molecule has 3 aromatic rings. The van der Waals surface area contributed by atoms with Gasteiger partial charge in [0.15, 0.2) is 0 Å². The summed E-state index contributed by atoms with van der Waals surface area (Å²) in [6.07, 6.45) is 0. The molecule has 9 heteroatoms. The number of amides is 2. The van der Waals surface area contributed by atoms with Gasteiger partial charge >= 0.3 is 0 Å². The number of nitrogens with one attached hydrogen (secondary N) is 1. The van der Waals surface area contributed by atoms with Crippen molar-refractivity contribution >= 4 is 27.5 Å². The average Bonchev–Trinajstić information content (AvgIpc) is 2.90. The van der Waals surface area contributed by atoms with Gasteiger partial charge < -0.3 is 15.0 Å². The molecule has 8 nitrogen and oxygen atoms in total. The van der Waals surface area contributed by atoms with Gasteiger partial charge in [0.25, 0.3) is 10.0 Å². The largest absolute Gasteiger partial charge is 0.494 e. The molecular weight excluding hydrogens is 490 g/mol. The molecule has 3 rings (SSSR count). The number of ether oxygens (including phenoxy) is 1. The minimum Gasteiger partial charge on any atom is -0.494 e. The second-order valence-corrected chi connectivity index (χ2v) is 10.4. The molecule has 0 spiro atoms. The van der Waals surface area contributed by atoms with Crippen LogP contribution in [0.15, 0.2) is 83.8 Å². The molecule has 0 radical (unpaired) electrons. The van der Waals surface area contributed by atoms with Crippen molar-refractivity contribution in [2.24, 2.45) is 0 Å². The molecule has 3 aromatic carbocycles. The average molecular weight is 524 g/mol. The van der Waals surface area contributed by atoms with Crippen molar-refractivity contribution < 1.29 is 22.7 Å². The smallest absolute Gasteiger partial charge is 0.264 e. The van der Waals surface area contributed by atoms with Crippen LogP contribution in [0.5, 0.6) is 5.75 Å². The van der Waals surface area contributed by atoms with E-state index in [2.05, 4.69) is 5.32 Å². The van der Waals surface area contributed by atoms with E-state index in [1.807, 2.05) is 38.1 Å². The number of para-hydroxylation sites is 1. The van der Waals surface area contributed by atoms with Crippen molar-refractivity contribution in [3.8, 4) is 5.75 Å². The maximum absolute atomic E-state index is 13.8. The number of carbonyl (C=O) groups is 2. The number of sulfonamides is 1. The SMILES string of the molecule is CCOc1ccc(S(=O)(=O)N(CC(=O)N(Cc2cccc(C)c2)[C@@H](C)C(=O)NC)c2ccccc2)cc1. The number of nitrogens with zero attached hydrogens (tertiary/aromatic N) is 2. The fourth-order valence-corrected chi connectivity index (χ4v) is 5.34. The molecule has 0 saturated heterocycles. The number of benzene rings is 3. The zero-order valence-corrected chi connectivity index (χ0v) is 22.4. The van der Waals surface area contributed by atoms with Gasteiger partial charge in [0.1, 0.15) is 18.3 Å². The van der Waals surface area contributed by atoms with Crippen molar-refractivity contribution in [1.82, 2.24) is 10.2 Å². The Hall–Kier alpha value is -3.85. The van der Waals surface area contributed by atoms with Crippen LogP contribution in [0.25, 0.3) is 0 Å². The highest BCUT2D eigenvalue weighted by molar-refractivity contribution is 7.92. The highest BCUT2D eigenvalue weighted by Gasteiger charge is 2.32. The molecule has 37 heavy (non-hydrogen) atoms. The van der Waals surface area contributed by atoms with Gasteiger partial charge in [-0.15, -0.1) is 0 Å². The van der Waals surface area contributed by atoms with Gasteiger partial charge in [-0.2, -0.15) is 0 Å². The molecule has 0 fully saturated rings. The van der Waals surface area contributed by atoms with Crippen molar-refractivity contribution in [1.29, 1.82) is 0 Å². The first-order valence-corrected chi connectivity index (χ1v) is 13.5. The van der Waals surface area contributed by atoms with E-state index in [-0.39, 0.29) is 17.3 Å². The molecular formula is C28H33N3O5S. The molecule has 2 amide bonds. The monoisotopic (exact) mass is 523 g/mol. The van der Waals surface area contributed by atoms with Crippen LogP contribution in [-0.4, -0.2) is 51.4 Å². The Morgan fingerprint density at radius 3 is 2.24 bits per heavy atom. The molecule has 0 aliphatic heterocycles. The van der Waals surface area contributed by atoms with E-state index < -0.39 is 28.5 Å². The number of rotatable bonds is 11. The molecule has 0 aliphatic rings. The summed E-state index contributed by atoms with van der Waals surface area (Å²) in [6.45, 7) is 5.54. The Morgan fingerprint density at radius 1 is 0.973 bits per heavy atom. The zero-order valence-electron chi connectivity index (χ0n) is 21.5. The van der Waals surface area contributed by atoms with E-state index >= 15 is 0 Å². The van der Waals surface area contributed by atoms with Crippen LogP contribution >= 0.6 is 0 Å². The maximum Gasteiger partial charge on any atom is 0.264 e. The van der Waals surface area contributed by atoms with Crippen LogP contribution in [0.4, 0.5) is 5.69 Å². The molecule has 1 N–H and O–H groups in total. The summed E-state index contributed by atoms with van der Waals surface area (Å²) >= 11 is 0. The maximum atomic E-state index is 13.8. The fourth-order valence-electron chi connectivity index (χ4n) is 3.92. The molecule has 1 atom stereocenters. The number of carbonyl (C=O) groups excluding carboxylic acids is 2. The Morgan fingerprint density at radius 2 is 1.65 bits per heavy atom. The van der Waals surface area contributed by atoms with E-state index in [4.69, 9.17) is 4.74 Å². The summed E-state index contributed by atoms with van der Waals surface area (Å²) in [7, 11) is -2.61. The molecule has 0 aromatic heterocycles. The molecule has 0 heterocycles. The van der Waals surface area contributed by atoms with Gasteiger partial charge in [0.2, 0.25) is 11.8 Å². The van der Waals surface area contributed by atoms with Crippen LogP contribution < -0.4 is 14.4 Å². The predicted octanol–water partition coefficient (Wildman–Crippen LogP) is 3.75. The first-order chi connectivity index (χ1) is 17.7. The number of hydrogen-bond donors (Lipinski definition) is 1. The topological polar surface area (TPSA) is 96.0 Å². The summed E-state index contributed by atoms with van der Waals surface area (Å²) in [5.74, 6) is -0.301. The molecule has 0 unspecified atom stereocenters. The first-order valence-electron chi connectivity index (χ1n) is 12.0. The Balaban J connectivity index is 1.99. The molecule has 196 valence electrons. The lowest BCUT2D eigenvalue weighted by atomic mass is 10.1. The predicted molar refractivity (Wildman–Crippen MR) is 144 cm³/mol. The second-order valence-electron chi connectivity index (χ2n) is 8.55. The highest BCUT2D eigenvalue weighted by atomic mass is 32.2. The summed E-state index contributed by atoms with van der Waals surface area (Å²) in [5.41, 5.74) is 2.19. The number of likely N-dealkylation sites (N-methyl/N-ethyl adjacent to an activating group) is 1. The van der Waals surface area contributed by atoms with Gasteiger partial charge in [0.05, 0.1) is 17.2 Å². The van der Waals surface area contributed by atoms with Gasteiger partial charge in [-0.1, -0.05) is 48.0 Å². The third-order valence-corrected chi connectivity index (χ3v) is 7.68. The lowest BCUT2D eigenvalue weighted by Gasteiger charge is -2.31. The van der Waals surface area contributed by atoms with E-state index in [0.29, 0.717) is 18.0 Å². The summed E-state index contributed by atoms with van der Waals surface area (Å²) in [5, 5.41) is 2.58. The van der Waals surface area contributed by atoms with Crippen LogP contribution in [0.1, 0.15) is 25.0 Å². The van der Waals surface area contributed by atoms with Crippen LogP contribution in [0, 0.1) is 6.92 Å². The zero-order chi connectivity index (χ0) is 27.0. The van der Waals surface area contributed by atoms with Crippen molar-refractivity contribution in [3.05, 3.63) is 90.0 Å². The fraction of sp³-hybridized carbons (Fsp3) is 0.286. The quantitative estimate of drug-likeness (QED) is 0.413. The van der Waals surface area contributed by atoms with Gasteiger partial charge in [-0.05, 0) is 62.7 Å². The summed E-state index contributed by atoms with van der Waals surface area (Å²) < 4.78 is 34.0. The van der Waals surface area contributed by atoms with Gasteiger partial charge in [-0.25, -0.2) is 8.42 Å². The lowest BCUT2D eigenvalue weighted by Crippen LogP contribution is -2.50. The van der Waals surface area contributed by atoms with E-state index in [0.717, 1.165) is 15.4 Å². The normalized spacial score (nSPS) is 11.9. The minimum absolute atomic E-state index is 0.0252. The summed E-state index contributed by atoms with van der Waals surface area (Å²) in [4.78, 5) is 27.7. The van der Waals surface area contributed by atoms with Crippen molar-refractivity contribution in [2.75, 3.05) is 24.5 Å². The third-order valence-electron chi connectivity index (χ3n) is 5.89. The molecule has 0 aliphatic carbocycles. The Kier molecular flexibility index (Phi) is 9.30. The molecule has 0 saturated carbocycles. The van der Waals surface area contributed by atoms with Gasteiger partial charge in [0, 0.05) is 13.6 Å². The number of hydrogen-bond acceptors (Lipinski definition) is 5. The third kappa shape index (κ3) is 6.89. The number of anilines is 1. The lowest BCUT2D eigenvalue weighted by molar-refractivity contribution is -0.139. The van der Waals surface area contributed by atoms with Crippen molar-refractivity contribution in [2.45, 2.75) is 38.3 Å². The number of aryl methyl sites for hydroxylation is 1. The second kappa shape index (κ2) is 12.4. The Labute approximate surface area is 218 Å². The summed E-state index contributed by atoms with van der Waals surface area (Å²) in [6, 6.07) is 21.3.